The van der Waals surface area contributed by atoms with Crippen LogP contribution in [-0.2, 0) is 11.3 Å². The topological polar surface area (TPSA) is 59.6 Å². The molecule has 5 nitrogen and oxygen atoms in total. The minimum atomic E-state index is 0.102. The van der Waals surface area contributed by atoms with Crippen LogP contribution in [0.5, 0.6) is 11.5 Å². The smallest absolute Gasteiger partial charge is 0.223 e. The second-order valence-electron chi connectivity index (χ2n) is 5.47. The third-order valence-electron chi connectivity index (χ3n) is 3.94. The van der Waals surface area contributed by atoms with Gasteiger partial charge >= 0.3 is 0 Å². The van der Waals surface area contributed by atoms with Crippen molar-refractivity contribution in [3.63, 3.8) is 0 Å². The highest BCUT2D eigenvalue weighted by Gasteiger charge is 2.24. The normalized spacial score (nSPS) is 21.7. The summed E-state index contributed by atoms with van der Waals surface area (Å²) < 4.78 is 10.5. The third kappa shape index (κ3) is 4.11. The van der Waals surface area contributed by atoms with Gasteiger partial charge in [0.15, 0.2) is 0 Å². The molecule has 0 aromatic heterocycles. The van der Waals surface area contributed by atoms with Gasteiger partial charge < -0.3 is 20.1 Å². The lowest BCUT2D eigenvalue weighted by Gasteiger charge is -2.27. The largest absolute Gasteiger partial charge is 0.497 e. The first-order chi connectivity index (χ1) is 10.1. The lowest BCUT2D eigenvalue weighted by Crippen LogP contribution is -2.42. The first-order valence-electron chi connectivity index (χ1n) is 7.36. The molecular weight excluding hydrogens is 268 g/mol. The molecule has 5 heteroatoms. The van der Waals surface area contributed by atoms with Crippen molar-refractivity contribution < 1.29 is 14.3 Å². The summed E-state index contributed by atoms with van der Waals surface area (Å²) in [5, 5.41) is 6.37. The highest BCUT2D eigenvalue weighted by Crippen LogP contribution is 2.24. The number of amides is 1. The molecule has 1 saturated heterocycles. The highest BCUT2D eigenvalue weighted by atomic mass is 16.5. The molecule has 1 heterocycles. The molecule has 1 amide bonds. The maximum atomic E-state index is 12.2. The summed E-state index contributed by atoms with van der Waals surface area (Å²) in [6, 6.07) is 6.03. The number of methoxy groups -OCH3 is 2. The molecule has 1 aliphatic heterocycles. The molecule has 0 radical (unpaired) electrons. The summed E-state index contributed by atoms with van der Waals surface area (Å²) in [7, 11) is 3.24. The Morgan fingerprint density at radius 2 is 2.19 bits per heavy atom. The monoisotopic (exact) mass is 292 g/mol. The maximum absolute atomic E-state index is 12.2. The van der Waals surface area contributed by atoms with E-state index < -0.39 is 0 Å². The molecule has 1 fully saturated rings. The Morgan fingerprint density at radius 1 is 1.38 bits per heavy atom. The molecule has 0 aliphatic carbocycles. The molecule has 1 aromatic rings. The van der Waals surface area contributed by atoms with Crippen LogP contribution in [0.1, 0.15) is 25.3 Å². The Bertz CT molecular complexity index is 490. The molecule has 2 N–H and O–H groups in total. The van der Waals surface area contributed by atoms with Crippen molar-refractivity contribution in [1.82, 2.24) is 10.6 Å². The number of ether oxygens (including phenoxy) is 2. The van der Waals surface area contributed by atoms with Gasteiger partial charge in [-0.15, -0.1) is 0 Å². The quantitative estimate of drug-likeness (QED) is 0.867. The summed E-state index contributed by atoms with van der Waals surface area (Å²) in [5.74, 6) is 1.70. The Hall–Kier alpha value is -1.75. The van der Waals surface area contributed by atoms with Gasteiger partial charge in [0, 0.05) is 30.1 Å². The standard InChI is InChI=1S/C16H24N2O3/c1-11-8-12(6-7-17-11)16(19)18-10-13-4-5-14(20-2)9-15(13)21-3/h4-5,9,11-12,17H,6-8,10H2,1-3H3,(H,18,19). The van der Waals surface area contributed by atoms with E-state index >= 15 is 0 Å². The number of nitrogens with one attached hydrogen (secondary N) is 2. The molecule has 2 unspecified atom stereocenters. The van der Waals surface area contributed by atoms with Crippen LogP contribution in [0.4, 0.5) is 0 Å². The number of piperidine rings is 1. The first-order valence-corrected chi connectivity index (χ1v) is 7.36. The van der Waals surface area contributed by atoms with E-state index in [2.05, 4.69) is 17.6 Å². The molecule has 0 spiro atoms. The second kappa shape index (κ2) is 7.31. The van der Waals surface area contributed by atoms with E-state index in [1.807, 2.05) is 18.2 Å². The van der Waals surface area contributed by atoms with Crippen molar-refractivity contribution in [2.45, 2.75) is 32.4 Å². The van der Waals surface area contributed by atoms with Crippen LogP contribution in [0.2, 0.25) is 0 Å². The minimum absolute atomic E-state index is 0.102. The Labute approximate surface area is 126 Å². The van der Waals surface area contributed by atoms with E-state index in [0.717, 1.165) is 36.4 Å². The molecule has 0 bridgehead atoms. The molecule has 116 valence electrons. The fourth-order valence-corrected chi connectivity index (χ4v) is 2.69. The average Bonchev–Trinajstić information content (AvgIpc) is 2.52. The molecule has 0 saturated carbocycles. The van der Waals surface area contributed by atoms with E-state index in [4.69, 9.17) is 9.47 Å². The summed E-state index contributed by atoms with van der Waals surface area (Å²) in [6.45, 7) is 3.50. The maximum Gasteiger partial charge on any atom is 0.223 e. The lowest BCUT2D eigenvalue weighted by molar-refractivity contribution is -0.126. The second-order valence-corrected chi connectivity index (χ2v) is 5.47. The zero-order chi connectivity index (χ0) is 15.2. The van der Waals surface area contributed by atoms with Gasteiger partial charge in [-0.2, -0.15) is 0 Å². The van der Waals surface area contributed by atoms with Gasteiger partial charge in [0.1, 0.15) is 11.5 Å². The predicted octanol–water partition coefficient (Wildman–Crippen LogP) is 1.71. The van der Waals surface area contributed by atoms with Crippen LogP contribution < -0.4 is 20.1 Å². The van der Waals surface area contributed by atoms with E-state index in [1.165, 1.54) is 0 Å². The van der Waals surface area contributed by atoms with Gasteiger partial charge in [-0.25, -0.2) is 0 Å². The highest BCUT2D eigenvalue weighted by molar-refractivity contribution is 5.78. The number of benzene rings is 1. The van der Waals surface area contributed by atoms with Crippen molar-refractivity contribution in [1.29, 1.82) is 0 Å². The van der Waals surface area contributed by atoms with E-state index in [9.17, 15) is 4.79 Å². The first kappa shape index (κ1) is 15.6. The van der Waals surface area contributed by atoms with E-state index in [-0.39, 0.29) is 11.8 Å². The minimum Gasteiger partial charge on any atom is -0.497 e. The molecule has 2 atom stereocenters. The van der Waals surface area contributed by atoms with Crippen molar-refractivity contribution in [2.75, 3.05) is 20.8 Å². The zero-order valence-electron chi connectivity index (χ0n) is 12.9. The number of hydrogen-bond acceptors (Lipinski definition) is 4. The van der Waals surface area contributed by atoms with Crippen molar-refractivity contribution in [2.24, 2.45) is 5.92 Å². The van der Waals surface area contributed by atoms with Crippen LogP contribution in [-0.4, -0.2) is 32.7 Å². The molecule has 2 rings (SSSR count). The predicted molar refractivity (Wildman–Crippen MR) is 81.6 cm³/mol. The Balaban J connectivity index is 1.94. The van der Waals surface area contributed by atoms with Crippen LogP contribution in [0.3, 0.4) is 0 Å². The van der Waals surface area contributed by atoms with E-state index in [1.54, 1.807) is 14.2 Å². The van der Waals surface area contributed by atoms with Crippen LogP contribution >= 0.6 is 0 Å². The van der Waals surface area contributed by atoms with E-state index in [0.29, 0.717) is 12.6 Å². The number of hydrogen-bond donors (Lipinski definition) is 2. The lowest BCUT2D eigenvalue weighted by atomic mass is 9.92. The fourth-order valence-electron chi connectivity index (χ4n) is 2.69. The SMILES string of the molecule is COc1ccc(CNC(=O)C2CCNC(C)C2)c(OC)c1. The molecule has 1 aromatic carbocycles. The van der Waals surface area contributed by atoms with Crippen LogP contribution in [0.25, 0.3) is 0 Å². The molecule has 21 heavy (non-hydrogen) atoms. The van der Waals surface area contributed by atoms with Gasteiger partial charge in [0.05, 0.1) is 14.2 Å². The number of carbonyl (C=O) groups is 1. The van der Waals surface area contributed by atoms with Crippen molar-refractivity contribution >= 4 is 5.91 Å². The number of carbonyl (C=O) groups excluding carboxylic acids is 1. The van der Waals surface area contributed by atoms with Gasteiger partial charge in [0.25, 0.3) is 0 Å². The summed E-state index contributed by atoms with van der Waals surface area (Å²) in [4.78, 5) is 12.2. The van der Waals surface area contributed by atoms with Gasteiger partial charge in [-0.1, -0.05) is 0 Å². The summed E-state index contributed by atoms with van der Waals surface area (Å²) in [6.07, 6.45) is 1.79. The average molecular weight is 292 g/mol. The zero-order valence-corrected chi connectivity index (χ0v) is 12.9. The summed E-state index contributed by atoms with van der Waals surface area (Å²) in [5.41, 5.74) is 0.952. The van der Waals surface area contributed by atoms with Crippen LogP contribution in [0.15, 0.2) is 18.2 Å². The Morgan fingerprint density at radius 3 is 2.86 bits per heavy atom. The summed E-state index contributed by atoms with van der Waals surface area (Å²) >= 11 is 0. The van der Waals surface area contributed by atoms with Crippen LogP contribution in [0, 0.1) is 5.92 Å². The van der Waals surface area contributed by atoms with Gasteiger partial charge in [-0.3, -0.25) is 4.79 Å². The molecular formula is C16H24N2O3. The third-order valence-corrected chi connectivity index (χ3v) is 3.94. The van der Waals surface area contributed by atoms with Crippen molar-refractivity contribution in [3.8, 4) is 11.5 Å². The molecule has 1 aliphatic rings. The van der Waals surface area contributed by atoms with Crippen molar-refractivity contribution in [3.05, 3.63) is 23.8 Å². The van der Waals surface area contributed by atoms with Gasteiger partial charge in [0.2, 0.25) is 5.91 Å². The van der Waals surface area contributed by atoms with Gasteiger partial charge in [-0.05, 0) is 38.4 Å². The number of rotatable bonds is 5. The Kier molecular flexibility index (Phi) is 5.44. The fraction of sp³-hybridized carbons (Fsp3) is 0.562.